The fourth-order valence-corrected chi connectivity index (χ4v) is 15.0. The lowest BCUT2D eigenvalue weighted by atomic mass is 9.98. The summed E-state index contributed by atoms with van der Waals surface area (Å²) in [6.07, 6.45) is 4.79. The quantitative estimate of drug-likeness (QED) is 0.0294. The van der Waals surface area contributed by atoms with Crippen molar-refractivity contribution in [2.75, 3.05) is 80.8 Å². The van der Waals surface area contributed by atoms with E-state index in [0.717, 1.165) is 77.0 Å². The van der Waals surface area contributed by atoms with Crippen molar-refractivity contribution in [2.24, 2.45) is 0 Å². The lowest BCUT2D eigenvalue weighted by Crippen LogP contribution is -2.38. The van der Waals surface area contributed by atoms with Crippen LogP contribution in [0.4, 0.5) is 17.1 Å². The Labute approximate surface area is 496 Å². The molecule has 1 unspecified atom stereocenters. The van der Waals surface area contributed by atoms with Crippen molar-refractivity contribution >= 4 is 77.0 Å². The van der Waals surface area contributed by atoms with Gasteiger partial charge in [-0.2, -0.15) is 8.42 Å². The van der Waals surface area contributed by atoms with Crippen LogP contribution in [-0.4, -0.2) is 131 Å². The predicted octanol–water partition coefficient (Wildman–Crippen LogP) is 9.46. The van der Waals surface area contributed by atoms with Crippen LogP contribution in [0, 0.1) is 6.92 Å². The average Bonchev–Trinajstić information content (AvgIpc) is 2.91. The first kappa shape index (κ1) is 63.1. The number of Topliss-reactive ketones (excluding diaryl/α,β-unsaturated/α-hetero) is 1. The van der Waals surface area contributed by atoms with Gasteiger partial charge in [0.2, 0.25) is 0 Å². The summed E-state index contributed by atoms with van der Waals surface area (Å²) < 4.78 is 95.4. The van der Waals surface area contributed by atoms with Gasteiger partial charge < -0.3 is 43.1 Å². The van der Waals surface area contributed by atoms with Gasteiger partial charge in [-0.15, -0.1) is 12.6 Å². The van der Waals surface area contributed by atoms with Gasteiger partial charge in [0.15, 0.2) is 17.3 Å². The molecular weight excluding hydrogens is 1140 g/mol. The molecule has 4 aliphatic rings. The maximum absolute atomic E-state index is 14.3. The van der Waals surface area contributed by atoms with Crippen LogP contribution in [0.2, 0.25) is 0 Å². The fraction of sp³-hybridized carbons (Fsp3) is 0.459. The first-order valence-electron chi connectivity index (χ1n) is 27.8. The van der Waals surface area contributed by atoms with Gasteiger partial charge in [0.25, 0.3) is 21.9 Å². The van der Waals surface area contributed by atoms with Gasteiger partial charge in [0.1, 0.15) is 24.2 Å². The van der Waals surface area contributed by atoms with Crippen LogP contribution in [-0.2, 0) is 78.6 Å². The molecule has 0 aliphatic carbocycles. The standard InChI is InChI=1S/C61H73N3O12S3.O3S/c1-7-54(65)58(79(68,69)70)20-27-77-78-61(3,4)39-62(21-22-73-25-26-74-24-23-71-5)49-30-41(37-75-55-34-43-16-18-47-32-45-12-8-10-14-52(45)63(47)59(66)50(43)28-40(55)2)29-42(31-49)38-76-57-35-44-17-19-48-33-46-13-9-11-15-53(46)64(48)60(67)51(44)36-56(57)72-6;1-4(2)3/h8-15,28-31,34-36,47-48,58H,7,16-27,32-33,37-39H2,1-6H3,(H,68,69,70);/t47-,48-,58?;/m1./s1. The van der Waals surface area contributed by atoms with E-state index in [4.69, 9.17) is 41.0 Å². The van der Waals surface area contributed by atoms with Crippen molar-refractivity contribution in [3.8, 4) is 17.2 Å². The number of methoxy groups -OCH3 is 2. The van der Waals surface area contributed by atoms with Gasteiger partial charge in [-0.05, 0) is 159 Å². The molecule has 1 N–H and O–H groups in total. The molecule has 4 aliphatic heterocycles. The summed E-state index contributed by atoms with van der Waals surface area (Å²) >= 11 is 0. The highest BCUT2D eigenvalue weighted by molar-refractivity contribution is 8.77. The third-order valence-corrected chi connectivity index (χ3v) is 19.7. The summed E-state index contributed by atoms with van der Waals surface area (Å²) in [5.74, 6) is 1.51. The molecular formula is C61H73N3O15S4. The molecule has 446 valence electrons. The zero-order valence-corrected chi connectivity index (χ0v) is 51.0. The second-order valence-corrected chi connectivity index (χ2v) is 26.7. The Morgan fingerprint density at radius 2 is 1.27 bits per heavy atom. The Hall–Kier alpha value is -5.98. The minimum atomic E-state index is -4.54. The third-order valence-electron chi connectivity index (χ3n) is 15.2. The van der Waals surface area contributed by atoms with Crippen molar-refractivity contribution < 1.29 is 68.4 Å². The van der Waals surface area contributed by atoms with Crippen LogP contribution in [0.15, 0.2) is 91.0 Å². The van der Waals surface area contributed by atoms with Crippen LogP contribution in [0.5, 0.6) is 17.2 Å². The second-order valence-electron chi connectivity index (χ2n) is 21.5. The molecule has 0 saturated carbocycles. The van der Waals surface area contributed by atoms with Crippen LogP contribution in [0.3, 0.4) is 0 Å². The summed E-state index contributed by atoms with van der Waals surface area (Å²) in [6, 6.07) is 30.6. The third kappa shape index (κ3) is 16.1. The monoisotopic (exact) mass is 1220 g/mol. The largest absolute Gasteiger partial charge is 0.493 e. The zero-order chi connectivity index (χ0) is 59.4. The maximum atomic E-state index is 14.3. The molecule has 2 amide bonds. The van der Waals surface area contributed by atoms with E-state index >= 15 is 0 Å². The molecule has 0 aromatic heterocycles. The highest BCUT2D eigenvalue weighted by Crippen LogP contribution is 2.43. The average molecular weight is 1220 g/mol. The Bertz CT molecular complexity index is 3370. The number of anilines is 3. The smallest absolute Gasteiger partial charge is 0.425 e. The zero-order valence-electron chi connectivity index (χ0n) is 47.8. The van der Waals surface area contributed by atoms with Crippen molar-refractivity contribution in [1.29, 1.82) is 0 Å². The minimum absolute atomic E-state index is 0.000954. The summed E-state index contributed by atoms with van der Waals surface area (Å²) in [5.41, 5.74) is 11.0. The van der Waals surface area contributed by atoms with Crippen molar-refractivity contribution in [1.82, 2.24) is 0 Å². The summed E-state index contributed by atoms with van der Waals surface area (Å²) in [5, 5.41) is -1.46. The van der Waals surface area contributed by atoms with Gasteiger partial charge in [-0.1, -0.05) is 64.9 Å². The molecule has 0 saturated heterocycles. The SMILES string of the molecule is CCC(=O)C(CCSSC(C)(C)CN(CCOCCOCCOC)c1cc(COc2cc3c(cc2C)C(=O)N2c4ccccc4C[C@H]2CC3)cc(COc2cc3c(cc2OC)C(=O)N2c4ccccc4C[C@H]2CC3)c1)S(=O)(=O)O.O=S(=O)=O. The van der Waals surface area contributed by atoms with Crippen LogP contribution >= 0.6 is 21.6 Å². The number of ether oxygens (including phenoxy) is 6. The molecule has 18 nitrogen and oxygen atoms in total. The number of hydrogen-bond donors (Lipinski definition) is 1. The van der Waals surface area contributed by atoms with Gasteiger partial charge in [0, 0.05) is 77.4 Å². The Morgan fingerprint density at radius 1 is 0.735 bits per heavy atom. The Kier molecular flexibility index (Phi) is 21.8. The number of nitrogens with zero attached hydrogens (tertiary/aromatic N) is 3. The number of carbonyl (C=O) groups is 3. The normalized spacial score (nSPS) is 16.4. The topological polar surface area (TPSA) is 222 Å². The number of aryl methyl sites for hydroxylation is 3. The van der Waals surface area contributed by atoms with Gasteiger partial charge in [-0.25, -0.2) is 0 Å². The molecule has 5 aromatic rings. The van der Waals surface area contributed by atoms with Crippen molar-refractivity contribution in [3.63, 3.8) is 0 Å². The molecule has 3 atom stereocenters. The summed E-state index contributed by atoms with van der Waals surface area (Å²) in [6.45, 7) is 11.4. The van der Waals surface area contributed by atoms with E-state index in [9.17, 15) is 27.4 Å². The lowest BCUT2D eigenvalue weighted by Gasteiger charge is -2.34. The van der Waals surface area contributed by atoms with E-state index in [1.807, 2.05) is 77.4 Å². The highest BCUT2D eigenvalue weighted by atomic mass is 33.1. The van der Waals surface area contributed by atoms with Gasteiger partial charge in [0.05, 0.1) is 40.1 Å². The molecule has 4 heterocycles. The van der Waals surface area contributed by atoms with Crippen LogP contribution in [0.1, 0.15) is 106 Å². The fourth-order valence-electron chi connectivity index (χ4n) is 11.3. The number of benzene rings is 5. The number of carbonyl (C=O) groups excluding carboxylic acids is 3. The number of ketones is 1. The molecule has 83 heavy (non-hydrogen) atoms. The number of amides is 2. The van der Waals surface area contributed by atoms with Gasteiger partial charge >= 0.3 is 10.6 Å². The summed E-state index contributed by atoms with van der Waals surface area (Å²) in [7, 11) is -1.38. The van der Waals surface area contributed by atoms with E-state index in [2.05, 4.69) is 49.1 Å². The molecule has 0 radical (unpaired) electrons. The Morgan fingerprint density at radius 3 is 1.82 bits per heavy atom. The lowest BCUT2D eigenvalue weighted by molar-refractivity contribution is -0.118. The second kappa shape index (κ2) is 28.7. The molecule has 0 spiro atoms. The molecule has 9 rings (SSSR count). The number of rotatable bonds is 27. The highest BCUT2D eigenvalue weighted by Gasteiger charge is 2.39. The van der Waals surface area contributed by atoms with Crippen molar-refractivity contribution in [2.45, 2.75) is 114 Å². The van der Waals surface area contributed by atoms with E-state index in [-0.39, 0.29) is 50.0 Å². The van der Waals surface area contributed by atoms with E-state index in [1.54, 1.807) is 31.9 Å². The number of hydrogen-bond acceptors (Lipinski definition) is 17. The first-order chi connectivity index (χ1) is 39.8. The predicted molar refractivity (Wildman–Crippen MR) is 322 cm³/mol. The van der Waals surface area contributed by atoms with Gasteiger partial charge in [-0.3, -0.25) is 18.9 Å². The van der Waals surface area contributed by atoms with E-state index < -0.39 is 36.5 Å². The molecule has 0 fully saturated rings. The van der Waals surface area contributed by atoms with Crippen LogP contribution < -0.4 is 28.9 Å². The summed E-state index contributed by atoms with van der Waals surface area (Å²) in [4.78, 5) is 47.3. The maximum Gasteiger partial charge on any atom is 0.425 e. The number of fused-ring (bicyclic) bond motifs is 8. The minimum Gasteiger partial charge on any atom is -0.493 e. The Balaban J connectivity index is 0.00000218. The van der Waals surface area contributed by atoms with Crippen LogP contribution in [0.25, 0.3) is 0 Å². The molecule has 22 heteroatoms. The first-order valence-corrected chi connectivity index (χ1v) is 32.6. The molecule has 0 bridgehead atoms. The number of para-hydroxylation sites is 2. The van der Waals surface area contributed by atoms with Crippen molar-refractivity contribution in [3.05, 3.63) is 141 Å². The van der Waals surface area contributed by atoms with E-state index in [0.29, 0.717) is 86.7 Å². The molecule has 5 aromatic carbocycles. The van der Waals surface area contributed by atoms with E-state index in [1.165, 1.54) is 21.9 Å².